The molecular weight excluding hydrogens is 350 g/mol. The van der Waals surface area contributed by atoms with Crippen LogP contribution >= 0.6 is 15.9 Å². The van der Waals surface area contributed by atoms with Gasteiger partial charge in [-0.25, -0.2) is 0 Å². The number of hydrogen-bond donors (Lipinski definition) is 2. The van der Waals surface area contributed by atoms with E-state index >= 15 is 0 Å². The molecule has 1 aromatic carbocycles. The summed E-state index contributed by atoms with van der Waals surface area (Å²) >= 11 is 3.59. The van der Waals surface area contributed by atoms with Crippen LogP contribution in [0.1, 0.15) is 43.7 Å². The number of carboxylic acid groups (broad SMARTS) is 1. The molecule has 0 bridgehead atoms. The third-order valence-electron chi connectivity index (χ3n) is 4.88. The van der Waals surface area contributed by atoms with E-state index in [9.17, 15) is 4.79 Å². The Hall–Kier alpha value is -1.27. The molecule has 1 spiro atoms. The third-order valence-corrected chi connectivity index (χ3v) is 5.56. The molecule has 2 N–H and O–H groups in total. The highest BCUT2D eigenvalue weighted by Gasteiger charge is 2.44. The fourth-order valence-electron chi connectivity index (χ4n) is 3.68. The largest absolute Gasteiger partial charge is 0.481 e. The van der Waals surface area contributed by atoms with Crippen LogP contribution < -0.4 is 14.8 Å². The second kappa shape index (κ2) is 5.13. The van der Waals surface area contributed by atoms with E-state index in [1.165, 1.54) is 0 Å². The Morgan fingerprint density at radius 2 is 1.95 bits per heavy atom. The molecular formula is C16H18BrNO4. The molecule has 0 amide bonds. The summed E-state index contributed by atoms with van der Waals surface area (Å²) < 4.78 is 13.1. The van der Waals surface area contributed by atoms with Crippen molar-refractivity contribution in [2.75, 3.05) is 6.54 Å². The van der Waals surface area contributed by atoms with Gasteiger partial charge in [-0.2, -0.15) is 0 Å². The SMILES string of the molecule is O=C(O)C1CNC(c2cc3c(cc2Br)OC2(CCCC2)O3)C1. The molecule has 5 nitrogen and oxygen atoms in total. The highest BCUT2D eigenvalue weighted by molar-refractivity contribution is 9.10. The molecule has 2 atom stereocenters. The number of hydrogen-bond acceptors (Lipinski definition) is 4. The lowest BCUT2D eigenvalue weighted by Crippen LogP contribution is -2.34. The number of ether oxygens (including phenoxy) is 2. The van der Waals surface area contributed by atoms with Crippen molar-refractivity contribution < 1.29 is 19.4 Å². The topological polar surface area (TPSA) is 67.8 Å². The van der Waals surface area contributed by atoms with Crippen LogP contribution in [0.25, 0.3) is 0 Å². The van der Waals surface area contributed by atoms with Crippen molar-refractivity contribution in [3.63, 3.8) is 0 Å². The Kier molecular flexibility index (Phi) is 3.34. The first kappa shape index (κ1) is 14.3. The van der Waals surface area contributed by atoms with E-state index in [2.05, 4.69) is 21.2 Å². The van der Waals surface area contributed by atoms with Crippen LogP contribution in [-0.4, -0.2) is 23.4 Å². The monoisotopic (exact) mass is 367 g/mol. The Morgan fingerprint density at radius 1 is 1.27 bits per heavy atom. The van der Waals surface area contributed by atoms with Crippen LogP contribution in [-0.2, 0) is 4.79 Å². The van der Waals surface area contributed by atoms with Gasteiger partial charge in [-0.1, -0.05) is 15.9 Å². The molecule has 2 aliphatic heterocycles. The molecule has 2 fully saturated rings. The molecule has 1 saturated carbocycles. The standard InChI is InChI=1S/C16H18BrNO4/c17-11-7-14-13(21-16(22-14)3-1-2-4-16)6-10(11)12-5-9(8-18-12)15(19)20/h6-7,9,12,18H,1-5,8H2,(H,19,20). The zero-order chi connectivity index (χ0) is 15.3. The van der Waals surface area contributed by atoms with Crippen molar-refractivity contribution in [2.24, 2.45) is 5.92 Å². The zero-order valence-electron chi connectivity index (χ0n) is 12.1. The van der Waals surface area contributed by atoms with Crippen molar-refractivity contribution in [3.8, 4) is 11.5 Å². The van der Waals surface area contributed by atoms with Gasteiger partial charge in [-0.15, -0.1) is 0 Å². The van der Waals surface area contributed by atoms with E-state index in [4.69, 9.17) is 14.6 Å². The minimum atomic E-state index is -0.739. The molecule has 118 valence electrons. The van der Waals surface area contributed by atoms with Crippen molar-refractivity contribution in [2.45, 2.75) is 43.9 Å². The Bertz CT molecular complexity index is 627. The molecule has 0 aromatic heterocycles. The number of nitrogens with one attached hydrogen (secondary N) is 1. The first-order valence-electron chi connectivity index (χ1n) is 7.74. The summed E-state index contributed by atoms with van der Waals surface area (Å²) in [7, 11) is 0. The van der Waals surface area contributed by atoms with Crippen LogP contribution in [0, 0.1) is 5.92 Å². The normalized spacial score (nSPS) is 28.4. The van der Waals surface area contributed by atoms with Crippen LogP contribution in [0.3, 0.4) is 0 Å². The number of fused-ring (bicyclic) bond motifs is 1. The van der Waals surface area contributed by atoms with Gasteiger partial charge >= 0.3 is 5.97 Å². The number of halogens is 1. The summed E-state index contributed by atoms with van der Waals surface area (Å²) in [6, 6.07) is 3.98. The first-order chi connectivity index (χ1) is 10.6. The number of rotatable bonds is 2. The van der Waals surface area contributed by atoms with Gasteiger partial charge in [0.2, 0.25) is 0 Å². The molecule has 1 saturated heterocycles. The number of carboxylic acids is 1. The van der Waals surface area contributed by atoms with Gasteiger partial charge < -0.3 is 19.9 Å². The van der Waals surface area contributed by atoms with E-state index in [0.717, 1.165) is 47.2 Å². The maximum atomic E-state index is 11.1. The van der Waals surface area contributed by atoms with Gasteiger partial charge in [-0.3, -0.25) is 4.79 Å². The van der Waals surface area contributed by atoms with Gasteiger partial charge in [0.15, 0.2) is 11.5 Å². The molecule has 0 radical (unpaired) electrons. The van der Waals surface area contributed by atoms with Crippen LogP contribution in [0.15, 0.2) is 16.6 Å². The smallest absolute Gasteiger partial charge is 0.307 e. The van der Waals surface area contributed by atoms with Crippen molar-refractivity contribution in [3.05, 3.63) is 22.2 Å². The van der Waals surface area contributed by atoms with Gasteiger partial charge in [0.25, 0.3) is 5.79 Å². The number of aliphatic carboxylic acids is 1. The summed E-state index contributed by atoms with van der Waals surface area (Å²) in [6.07, 6.45) is 4.71. The second-order valence-corrected chi connectivity index (χ2v) is 7.23. The quantitative estimate of drug-likeness (QED) is 0.839. The highest BCUT2D eigenvalue weighted by Crippen LogP contribution is 2.49. The van der Waals surface area contributed by atoms with E-state index in [1.54, 1.807) is 0 Å². The lowest BCUT2D eigenvalue weighted by atomic mass is 10.00. The summed E-state index contributed by atoms with van der Waals surface area (Å²) in [5, 5.41) is 12.4. The predicted octanol–water partition coefficient (Wildman–Crippen LogP) is 3.23. The van der Waals surface area contributed by atoms with Crippen LogP contribution in [0.4, 0.5) is 0 Å². The average molecular weight is 368 g/mol. The fraction of sp³-hybridized carbons (Fsp3) is 0.562. The lowest BCUT2D eigenvalue weighted by molar-refractivity contribution is -0.141. The van der Waals surface area contributed by atoms with Crippen molar-refractivity contribution in [1.29, 1.82) is 0 Å². The minimum absolute atomic E-state index is 0.0319. The Balaban J connectivity index is 1.60. The Morgan fingerprint density at radius 3 is 2.59 bits per heavy atom. The minimum Gasteiger partial charge on any atom is -0.481 e. The van der Waals surface area contributed by atoms with Crippen molar-refractivity contribution >= 4 is 21.9 Å². The van der Waals surface area contributed by atoms with E-state index in [-0.39, 0.29) is 12.0 Å². The molecule has 1 aliphatic carbocycles. The van der Waals surface area contributed by atoms with Gasteiger partial charge in [0.1, 0.15) is 0 Å². The lowest BCUT2D eigenvalue weighted by Gasteiger charge is -2.21. The zero-order valence-corrected chi connectivity index (χ0v) is 13.7. The maximum Gasteiger partial charge on any atom is 0.307 e. The van der Waals surface area contributed by atoms with Crippen molar-refractivity contribution in [1.82, 2.24) is 5.32 Å². The highest BCUT2D eigenvalue weighted by atomic mass is 79.9. The van der Waals surface area contributed by atoms with E-state index in [0.29, 0.717) is 13.0 Å². The van der Waals surface area contributed by atoms with Crippen LogP contribution in [0.5, 0.6) is 11.5 Å². The second-order valence-electron chi connectivity index (χ2n) is 6.37. The summed E-state index contributed by atoms with van der Waals surface area (Å²) in [6.45, 7) is 0.505. The fourth-order valence-corrected chi connectivity index (χ4v) is 4.28. The summed E-state index contributed by atoms with van der Waals surface area (Å²) in [5.41, 5.74) is 1.04. The average Bonchev–Trinajstić information content (AvgIpc) is 3.18. The summed E-state index contributed by atoms with van der Waals surface area (Å²) in [4.78, 5) is 11.1. The molecule has 2 heterocycles. The number of carbonyl (C=O) groups is 1. The third kappa shape index (κ3) is 2.29. The maximum absolute atomic E-state index is 11.1. The predicted molar refractivity (Wildman–Crippen MR) is 83.1 cm³/mol. The summed E-state index contributed by atoms with van der Waals surface area (Å²) in [5.74, 6) is 0.0267. The van der Waals surface area contributed by atoms with Gasteiger partial charge in [0, 0.05) is 29.9 Å². The number of benzene rings is 1. The molecule has 6 heteroatoms. The van der Waals surface area contributed by atoms with E-state index < -0.39 is 11.8 Å². The molecule has 1 aromatic rings. The molecule has 3 aliphatic rings. The molecule has 22 heavy (non-hydrogen) atoms. The van der Waals surface area contributed by atoms with E-state index in [1.807, 2.05) is 12.1 Å². The van der Waals surface area contributed by atoms with Gasteiger partial charge in [0.05, 0.1) is 5.92 Å². The molecule has 4 rings (SSSR count). The van der Waals surface area contributed by atoms with Gasteiger partial charge in [-0.05, 0) is 37.0 Å². The Labute approximate surface area is 137 Å². The molecule has 2 unspecified atom stereocenters. The first-order valence-corrected chi connectivity index (χ1v) is 8.53. The van der Waals surface area contributed by atoms with Crippen LogP contribution in [0.2, 0.25) is 0 Å².